The number of rotatable bonds is 1. The van der Waals surface area contributed by atoms with Crippen molar-refractivity contribution in [3.63, 3.8) is 0 Å². The quantitative estimate of drug-likeness (QED) is 0.671. The second kappa shape index (κ2) is 4.64. The smallest absolute Gasteiger partial charge is 0.150 e. The van der Waals surface area contributed by atoms with Gasteiger partial charge >= 0.3 is 0 Å². The zero-order valence-corrected chi connectivity index (χ0v) is 12.3. The molecule has 1 aliphatic rings. The van der Waals surface area contributed by atoms with Gasteiger partial charge in [-0.25, -0.2) is 4.68 Å². The van der Waals surface area contributed by atoms with Crippen molar-refractivity contribution < 1.29 is 0 Å². The number of hydrogen-bond donors (Lipinski definition) is 0. The van der Waals surface area contributed by atoms with Crippen LogP contribution in [0.3, 0.4) is 0 Å². The van der Waals surface area contributed by atoms with Gasteiger partial charge in [0.25, 0.3) is 0 Å². The Bertz CT molecular complexity index is 809. The molecule has 0 spiro atoms. The summed E-state index contributed by atoms with van der Waals surface area (Å²) in [4.78, 5) is 2.22. The Balaban J connectivity index is 1.98. The molecule has 1 aromatic heterocycles. The summed E-state index contributed by atoms with van der Waals surface area (Å²) in [5.74, 6) is 0. The summed E-state index contributed by atoms with van der Waals surface area (Å²) in [7, 11) is 2.08. The van der Waals surface area contributed by atoms with Crippen LogP contribution in [0.15, 0.2) is 60.8 Å². The van der Waals surface area contributed by atoms with Crippen molar-refractivity contribution in [1.82, 2.24) is 9.78 Å². The van der Waals surface area contributed by atoms with Gasteiger partial charge < -0.3 is 4.90 Å². The number of aromatic nitrogens is 2. The van der Waals surface area contributed by atoms with Crippen molar-refractivity contribution in [3.8, 4) is 11.3 Å². The summed E-state index contributed by atoms with van der Waals surface area (Å²) in [6.07, 6.45) is 1.81. The molecule has 21 heavy (non-hydrogen) atoms. The number of anilines is 1. The van der Waals surface area contributed by atoms with Gasteiger partial charge in [-0.2, -0.15) is 5.10 Å². The first kappa shape index (κ1) is 12.5. The van der Waals surface area contributed by atoms with Crippen LogP contribution in [-0.4, -0.2) is 16.8 Å². The molecule has 2 heterocycles. The van der Waals surface area contributed by atoms with E-state index in [0.29, 0.717) is 0 Å². The van der Waals surface area contributed by atoms with Gasteiger partial charge in [0.1, 0.15) is 0 Å². The first-order chi connectivity index (χ1) is 10.3. The minimum atomic E-state index is -0.0291. The number of nitrogens with zero attached hydrogens (tertiary/aromatic N) is 3. The fraction of sp³-hybridized carbons (Fsp3) is 0.118. The molecule has 1 unspecified atom stereocenters. The molecule has 4 heteroatoms. The van der Waals surface area contributed by atoms with Crippen molar-refractivity contribution >= 4 is 17.3 Å². The molecule has 1 atom stereocenters. The van der Waals surface area contributed by atoms with Crippen molar-refractivity contribution in [2.24, 2.45) is 0 Å². The molecule has 0 radical (unpaired) electrons. The molecule has 0 amide bonds. The number of halogens is 1. The molecule has 104 valence electrons. The topological polar surface area (TPSA) is 21.1 Å². The van der Waals surface area contributed by atoms with Crippen LogP contribution >= 0.6 is 11.6 Å². The van der Waals surface area contributed by atoms with Crippen molar-refractivity contribution in [2.75, 3.05) is 11.9 Å². The normalized spacial score (nSPS) is 16.5. The van der Waals surface area contributed by atoms with Gasteiger partial charge in [0.2, 0.25) is 0 Å². The third-order valence-electron chi connectivity index (χ3n) is 4.01. The molecule has 3 aromatic rings. The van der Waals surface area contributed by atoms with E-state index in [1.54, 1.807) is 0 Å². The Kier molecular flexibility index (Phi) is 2.76. The van der Waals surface area contributed by atoms with Crippen molar-refractivity contribution in [2.45, 2.75) is 6.17 Å². The summed E-state index contributed by atoms with van der Waals surface area (Å²) < 4.78 is 2.03. The highest BCUT2D eigenvalue weighted by Gasteiger charge is 2.30. The van der Waals surface area contributed by atoms with Crippen LogP contribution < -0.4 is 4.90 Å². The molecule has 1 aliphatic heterocycles. The molecule has 3 nitrogen and oxygen atoms in total. The lowest BCUT2D eigenvalue weighted by Crippen LogP contribution is -2.34. The fourth-order valence-corrected chi connectivity index (χ4v) is 3.27. The van der Waals surface area contributed by atoms with Crippen LogP contribution in [0.1, 0.15) is 11.7 Å². The van der Waals surface area contributed by atoms with E-state index in [4.69, 9.17) is 11.6 Å². The second-order valence-electron chi connectivity index (χ2n) is 5.18. The van der Waals surface area contributed by atoms with Crippen LogP contribution in [0.2, 0.25) is 5.02 Å². The van der Waals surface area contributed by atoms with E-state index in [1.807, 2.05) is 29.1 Å². The summed E-state index contributed by atoms with van der Waals surface area (Å²) in [6.45, 7) is 0. The van der Waals surface area contributed by atoms with Gasteiger partial charge in [0.05, 0.1) is 5.69 Å². The highest BCUT2D eigenvalue weighted by atomic mass is 35.5. The van der Waals surface area contributed by atoms with Gasteiger partial charge in [-0.1, -0.05) is 48.0 Å². The van der Waals surface area contributed by atoms with E-state index >= 15 is 0 Å². The maximum Gasteiger partial charge on any atom is 0.150 e. The van der Waals surface area contributed by atoms with E-state index < -0.39 is 0 Å². The Morgan fingerprint density at radius 3 is 2.62 bits per heavy atom. The maximum absolute atomic E-state index is 6.42. The van der Waals surface area contributed by atoms with Crippen LogP contribution in [0.25, 0.3) is 11.3 Å². The van der Waals surface area contributed by atoms with Gasteiger partial charge in [0, 0.05) is 35.1 Å². The van der Waals surface area contributed by atoms with Crippen LogP contribution in [0.5, 0.6) is 0 Å². The Labute approximate surface area is 128 Å². The number of fused-ring (bicyclic) bond motifs is 3. The summed E-state index contributed by atoms with van der Waals surface area (Å²) in [6, 6.07) is 18.4. The summed E-state index contributed by atoms with van der Waals surface area (Å²) >= 11 is 6.42. The minimum absolute atomic E-state index is 0.0291. The minimum Gasteiger partial charge on any atom is -0.348 e. The standard InChI is InChI=1S/C17H14ClN3/c1-20-15-9-5-3-7-13(15)16-10-11-19-21(16)17(20)12-6-2-4-8-14(12)18/h2-11,17H,1H3. The predicted molar refractivity (Wildman–Crippen MR) is 85.7 cm³/mol. The Morgan fingerprint density at radius 2 is 1.76 bits per heavy atom. The van der Waals surface area contributed by atoms with Crippen molar-refractivity contribution in [1.29, 1.82) is 0 Å². The van der Waals surface area contributed by atoms with E-state index in [9.17, 15) is 0 Å². The highest BCUT2D eigenvalue weighted by Crippen LogP contribution is 2.42. The van der Waals surface area contributed by atoms with Gasteiger partial charge in [-0.15, -0.1) is 0 Å². The second-order valence-corrected chi connectivity index (χ2v) is 5.59. The van der Waals surface area contributed by atoms with Gasteiger partial charge in [-0.3, -0.25) is 0 Å². The molecule has 0 saturated carbocycles. The van der Waals surface area contributed by atoms with E-state index in [2.05, 4.69) is 53.4 Å². The molecular weight excluding hydrogens is 282 g/mol. The maximum atomic E-state index is 6.42. The molecule has 0 aliphatic carbocycles. The van der Waals surface area contributed by atoms with Gasteiger partial charge in [0.15, 0.2) is 6.17 Å². The lowest BCUT2D eigenvalue weighted by molar-refractivity contribution is 0.511. The largest absolute Gasteiger partial charge is 0.348 e. The molecule has 0 bridgehead atoms. The summed E-state index contributed by atoms with van der Waals surface area (Å²) in [5, 5.41) is 5.28. The first-order valence-electron chi connectivity index (χ1n) is 6.87. The van der Waals surface area contributed by atoms with E-state index in [0.717, 1.165) is 16.3 Å². The Hall–Kier alpha value is -2.26. The number of hydrogen-bond acceptors (Lipinski definition) is 2. The number of benzene rings is 2. The third-order valence-corrected chi connectivity index (χ3v) is 4.36. The van der Waals surface area contributed by atoms with Crippen LogP contribution in [0, 0.1) is 0 Å². The zero-order chi connectivity index (χ0) is 14.4. The monoisotopic (exact) mass is 295 g/mol. The third kappa shape index (κ3) is 1.78. The van der Waals surface area contributed by atoms with Crippen LogP contribution in [-0.2, 0) is 0 Å². The molecular formula is C17H14ClN3. The lowest BCUT2D eigenvalue weighted by Gasteiger charge is -2.37. The highest BCUT2D eigenvalue weighted by molar-refractivity contribution is 6.31. The van der Waals surface area contributed by atoms with Gasteiger partial charge in [-0.05, 0) is 18.2 Å². The lowest BCUT2D eigenvalue weighted by atomic mass is 10.0. The molecule has 4 rings (SSSR count). The average molecular weight is 296 g/mol. The van der Waals surface area contributed by atoms with Crippen LogP contribution in [0.4, 0.5) is 5.69 Å². The first-order valence-corrected chi connectivity index (χ1v) is 7.25. The number of para-hydroxylation sites is 1. The SMILES string of the molecule is CN1c2ccccc2-c2ccnn2C1c1ccccc1Cl. The molecule has 0 fully saturated rings. The predicted octanol–water partition coefficient (Wildman–Crippen LogP) is 4.20. The zero-order valence-electron chi connectivity index (χ0n) is 11.6. The molecule has 0 N–H and O–H groups in total. The van der Waals surface area contributed by atoms with Crippen molar-refractivity contribution in [3.05, 3.63) is 71.4 Å². The molecule has 2 aromatic carbocycles. The Morgan fingerprint density at radius 1 is 1.00 bits per heavy atom. The van der Waals surface area contributed by atoms with E-state index in [-0.39, 0.29) is 6.17 Å². The molecule has 0 saturated heterocycles. The van der Waals surface area contributed by atoms with E-state index in [1.165, 1.54) is 11.3 Å². The average Bonchev–Trinajstić information content (AvgIpc) is 2.99. The summed E-state index contributed by atoms with van der Waals surface area (Å²) in [5.41, 5.74) is 4.56. The fourth-order valence-electron chi connectivity index (χ4n) is 3.04.